The maximum Gasteiger partial charge on any atom is 0.339 e. The Kier molecular flexibility index (Phi) is 6.52. The number of nitrogens with zero attached hydrogens (tertiary/aromatic N) is 1. The maximum absolute atomic E-state index is 12.4. The standard InChI is InChI=1S/C18H23NO6/c1-12-13(16(20)23-2)7-6-8-14(12)17(21)25-11-19-10-5-4-9-15(19)18(22)24-3/h6-8,15H,4-5,9-11H2,1-3H3. The van der Waals surface area contributed by atoms with Crippen LogP contribution in [0.2, 0.25) is 0 Å². The largest absolute Gasteiger partial charge is 0.468 e. The van der Waals surface area contributed by atoms with Crippen molar-refractivity contribution in [1.82, 2.24) is 4.90 Å². The highest BCUT2D eigenvalue weighted by atomic mass is 16.5. The summed E-state index contributed by atoms with van der Waals surface area (Å²) in [6.45, 7) is 2.33. The van der Waals surface area contributed by atoms with Crippen LogP contribution < -0.4 is 0 Å². The Morgan fingerprint density at radius 3 is 2.40 bits per heavy atom. The molecule has 7 heteroatoms. The average Bonchev–Trinajstić information content (AvgIpc) is 2.65. The van der Waals surface area contributed by atoms with Gasteiger partial charge in [0, 0.05) is 6.54 Å². The van der Waals surface area contributed by atoms with Gasteiger partial charge in [-0.3, -0.25) is 9.69 Å². The molecule has 1 aromatic rings. The molecule has 0 aromatic heterocycles. The van der Waals surface area contributed by atoms with Gasteiger partial charge in [-0.25, -0.2) is 9.59 Å². The first kappa shape index (κ1) is 18.9. The lowest BCUT2D eigenvalue weighted by molar-refractivity contribution is -0.150. The van der Waals surface area contributed by atoms with Crippen molar-refractivity contribution < 1.29 is 28.6 Å². The average molecular weight is 349 g/mol. The number of piperidine rings is 1. The Morgan fingerprint density at radius 1 is 1.08 bits per heavy atom. The van der Waals surface area contributed by atoms with Crippen LogP contribution in [0.3, 0.4) is 0 Å². The number of likely N-dealkylation sites (tertiary alicyclic amines) is 1. The Labute approximate surface area is 146 Å². The molecule has 0 aliphatic carbocycles. The first-order valence-electron chi connectivity index (χ1n) is 8.16. The van der Waals surface area contributed by atoms with Gasteiger partial charge in [-0.2, -0.15) is 0 Å². The van der Waals surface area contributed by atoms with Crippen LogP contribution in [0, 0.1) is 6.92 Å². The van der Waals surface area contributed by atoms with Crippen molar-refractivity contribution in [1.29, 1.82) is 0 Å². The second-order valence-electron chi connectivity index (χ2n) is 5.88. The maximum atomic E-state index is 12.4. The monoisotopic (exact) mass is 349 g/mol. The van der Waals surface area contributed by atoms with Crippen LogP contribution in [0.4, 0.5) is 0 Å². The van der Waals surface area contributed by atoms with Gasteiger partial charge in [0.1, 0.15) is 12.8 Å². The van der Waals surface area contributed by atoms with E-state index in [9.17, 15) is 14.4 Å². The number of hydrogen-bond acceptors (Lipinski definition) is 7. The van der Waals surface area contributed by atoms with Crippen LogP contribution in [0.15, 0.2) is 18.2 Å². The van der Waals surface area contributed by atoms with Crippen LogP contribution in [0.1, 0.15) is 45.5 Å². The lowest BCUT2D eigenvalue weighted by Crippen LogP contribution is -2.46. The van der Waals surface area contributed by atoms with E-state index in [0.717, 1.165) is 12.8 Å². The molecule has 0 saturated carbocycles. The summed E-state index contributed by atoms with van der Waals surface area (Å²) in [5, 5.41) is 0. The predicted molar refractivity (Wildman–Crippen MR) is 89.2 cm³/mol. The van der Waals surface area contributed by atoms with E-state index >= 15 is 0 Å². The molecule has 1 heterocycles. The number of carbonyl (C=O) groups is 3. The van der Waals surface area contributed by atoms with Gasteiger partial charge in [0.2, 0.25) is 0 Å². The number of carbonyl (C=O) groups excluding carboxylic acids is 3. The zero-order chi connectivity index (χ0) is 18.4. The van der Waals surface area contributed by atoms with Crippen molar-refractivity contribution >= 4 is 17.9 Å². The van der Waals surface area contributed by atoms with Gasteiger partial charge in [-0.1, -0.05) is 12.5 Å². The molecule has 0 spiro atoms. The van der Waals surface area contributed by atoms with Crippen molar-refractivity contribution in [3.8, 4) is 0 Å². The summed E-state index contributed by atoms with van der Waals surface area (Å²) in [6, 6.07) is 4.40. The van der Waals surface area contributed by atoms with E-state index in [1.165, 1.54) is 14.2 Å². The number of methoxy groups -OCH3 is 2. The minimum absolute atomic E-state index is 0.000488. The fraction of sp³-hybridized carbons (Fsp3) is 0.500. The smallest absolute Gasteiger partial charge is 0.339 e. The SMILES string of the molecule is COC(=O)c1cccc(C(=O)OCN2CCCCC2C(=O)OC)c1C. The summed E-state index contributed by atoms with van der Waals surface area (Å²) < 4.78 is 14.9. The first-order chi connectivity index (χ1) is 12.0. The number of benzene rings is 1. The normalized spacial score (nSPS) is 17.6. The molecule has 1 atom stereocenters. The van der Waals surface area contributed by atoms with Crippen LogP contribution in [0.25, 0.3) is 0 Å². The molecule has 1 unspecified atom stereocenters. The summed E-state index contributed by atoms with van der Waals surface area (Å²) in [6.07, 6.45) is 2.55. The highest BCUT2D eigenvalue weighted by Gasteiger charge is 2.30. The Morgan fingerprint density at radius 2 is 1.76 bits per heavy atom. The summed E-state index contributed by atoms with van der Waals surface area (Å²) in [5.41, 5.74) is 1.12. The molecule has 136 valence electrons. The molecule has 1 fully saturated rings. The Balaban J connectivity index is 2.07. The van der Waals surface area contributed by atoms with E-state index in [1.54, 1.807) is 30.0 Å². The molecule has 0 radical (unpaired) electrons. The van der Waals surface area contributed by atoms with Crippen molar-refractivity contribution in [2.45, 2.75) is 32.2 Å². The van der Waals surface area contributed by atoms with Gasteiger partial charge < -0.3 is 14.2 Å². The van der Waals surface area contributed by atoms with Crippen LogP contribution in [0.5, 0.6) is 0 Å². The molecule has 0 N–H and O–H groups in total. The molecular formula is C18H23NO6. The van der Waals surface area contributed by atoms with E-state index < -0.39 is 18.0 Å². The number of hydrogen-bond donors (Lipinski definition) is 0. The van der Waals surface area contributed by atoms with E-state index in [-0.39, 0.29) is 12.7 Å². The second-order valence-corrected chi connectivity index (χ2v) is 5.88. The lowest BCUT2D eigenvalue weighted by Gasteiger charge is -2.32. The van der Waals surface area contributed by atoms with Gasteiger partial charge >= 0.3 is 17.9 Å². The fourth-order valence-electron chi connectivity index (χ4n) is 2.96. The first-order valence-corrected chi connectivity index (χ1v) is 8.16. The van der Waals surface area contributed by atoms with Crippen molar-refractivity contribution in [3.63, 3.8) is 0 Å². The molecule has 1 aliphatic rings. The Bertz CT molecular complexity index is 657. The Hall–Kier alpha value is -2.41. The molecular weight excluding hydrogens is 326 g/mol. The van der Waals surface area contributed by atoms with Crippen LogP contribution >= 0.6 is 0 Å². The van der Waals surface area contributed by atoms with Crippen LogP contribution in [-0.4, -0.2) is 56.3 Å². The third-order valence-corrected chi connectivity index (χ3v) is 4.41. The third kappa shape index (κ3) is 4.36. The highest BCUT2D eigenvalue weighted by molar-refractivity contribution is 5.97. The van der Waals surface area contributed by atoms with Gasteiger partial charge in [0.05, 0.1) is 25.3 Å². The third-order valence-electron chi connectivity index (χ3n) is 4.41. The molecule has 25 heavy (non-hydrogen) atoms. The number of rotatable bonds is 5. The van der Waals surface area contributed by atoms with Crippen molar-refractivity contribution in [2.75, 3.05) is 27.5 Å². The number of esters is 3. The van der Waals surface area contributed by atoms with Gasteiger partial charge in [0.25, 0.3) is 0 Å². The highest BCUT2D eigenvalue weighted by Crippen LogP contribution is 2.19. The van der Waals surface area contributed by atoms with Gasteiger partial charge in [0.15, 0.2) is 0 Å². The topological polar surface area (TPSA) is 82.1 Å². The molecule has 0 bridgehead atoms. The minimum Gasteiger partial charge on any atom is -0.468 e. The summed E-state index contributed by atoms with van der Waals surface area (Å²) in [7, 11) is 2.64. The van der Waals surface area contributed by atoms with Gasteiger partial charge in [-0.15, -0.1) is 0 Å². The lowest BCUT2D eigenvalue weighted by atomic mass is 10.0. The van der Waals surface area contributed by atoms with Crippen molar-refractivity contribution in [3.05, 3.63) is 34.9 Å². The minimum atomic E-state index is -0.544. The van der Waals surface area contributed by atoms with E-state index in [0.29, 0.717) is 29.7 Å². The zero-order valence-corrected chi connectivity index (χ0v) is 14.7. The molecule has 2 rings (SSSR count). The summed E-state index contributed by atoms with van der Waals surface area (Å²) in [5.74, 6) is -1.37. The molecule has 1 aromatic carbocycles. The molecule has 7 nitrogen and oxygen atoms in total. The van der Waals surface area contributed by atoms with E-state index in [2.05, 4.69) is 0 Å². The van der Waals surface area contributed by atoms with Crippen molar-refractivity contribution in [2.24, 2.45) is 0 Å². The zero-order valence-electron chi connectivity index (χ0n) is 14.7. The quantitative estimate of drug-likeness (QED) is 0.593. The van der Waals surface area contributed by atoms with Gasteiger partial charge in [-0.05, 0) is 37.5 Å². The molecule has 1 saturated heterocycles. The fourth-order valence-corrected chi connectivity index (χ4v) is 2.96. The summed E-state index contributed by atoms with van der Waals surface area (Å²) >= 11 is 0. The number of ether oxygens (including phenoxy) is 3. The summed E-state index contributed by atoms with van der Waals surface area (Å²) in [4.78, 5) is 37.8. The van der Waals surface area contributed by atoms with E-state index in [4.69, 9.17) is 14.2 Å². The second kappa shape index (κ2) is 8.62. The molecule has 1 aliphatic heterocycles. The van der Waals surface area contributed by atoms with E-state index in [1.807, 2.05) is 0 Å². The molecule has 0 amide bonds. The van der Waals surface area contributed by atoms with Crippen LogP contribution in [-0.2, 0) is 19.0 Å². The predicted octanol–water partition coefficient (Wildman–Crippen LogP) is 1.92.